The quantitative estimate of drug-likeness (QED) is 0.336. The van der Waals surface area contributed by atoms with E-state index in [9.17, 15) is 19.5 Å². The lowest BCUT2D eigenvalue weighted by atomic mass is 10.0. The fourth-order valence-corrected chi connectivity index (χ4v) is 6.97. The Morgan fingerprint density at radius 3 is 2.42 bits per heavy atom. The number of fused-ring (bicyclic) bond motifs is 2. The van der Waals surface area contributed by atoms with Crippen molar-refractivity contribution in [1.29, 1.82) is 0 Å². The molecule has 204 valence electrons. The Bertz CT molecular complexity index is 1400. The summed E-state index contributed by atoms with van der Waals surface area (Å²) in [5.41, 5.74) is 1.00. The zero-order chi connectivity index (χ0) is 28.0. The molecule has 0 unspecified atom stereocenters. The molecule has 0 fully saturated rings. The lowest BCUT2D eigenvalue weighted by Gasteiger charge is -2.30. The summed E-state index contributed by atoms with van der Waals surface area (Å²) in [7, 11) is 0. The van der Waals surface area contributed by atoms with E-state index in [1.54, 1.807) is 25.7 Å². The SMILES string of the molecule is CC(C)(C)OC(=O)N1CCc2c(sc(N(CC(=O)O)C(=O)OC(C)(C)C)c2-c2nc3ccc(Br)cc3s2)C1. The van der Waals surface area contributed by atoms with Gasteiger partial charge in [0.15, 0.2) is 0 Å². The van der Waals surface area contributed by atoms with Gasteiger partial charge in [-0.25, -0.2) is 14.6 Å². The summed E-state index contributed by atoms with van der Waals surface area (Å²) in [6.07, 6.45) is -0.665. The molecule has 0 saturated heterocycles. The number of aromatic nitrogens is 1. The van der Waals surface area contributed by atoms with Crippen LogP contribution in [0.3, 0.4) is 0 Å². The average molecular weight is 625 g/mol. The van der Waals surface area contributed by atoms with Gasteiger partial charge in [-0.2, -0.15) is 0 Å². The number of benzene rings is 1. The minimum Gasteiger partial charge on any atom is -0.480 e. The summed E-state index contributed by atoms with van der Waals surface area (Å²) in [6.45, 7) is 10.8. The second-order valence-electron chi connectivity index (χ2n) is 10.9. The number of amides is 2. The van der Waals surface area contributed by atoms with Gasteiger partial charge in [0, 0.05) is 21.5 Å². The van der Waals surface area contributed by atoms with Crippen molar-refractivity contribution in [2.24, 2.45) is 0 Å². The number of nitrogens with zero attached hydrogens (tertiary/aromatic N) is 3. The third-order valence-electron chi connectivity index (χ3n) is 5.41. The number of halogens is 1. The van der Waals surface area contributed by atoms with E-state index in [4.69, 9.17) is 14.5 Å². The molecule has 12 heteroatoms. The minimum absolute atomic E-state index is 0.285. The molecular formula is C26H30BrN3O6S2. The highest BCUT2D eigenvalue weighted by Gasteiger charge is 2.35. The van der Waals surface area contributed by atoms with E-state index in [2.05, 4.69) is 15.9 Å². The van der Waals surface area contributed by atoms with Crippen molar-refractivity contribution in [2.45, 2.75) is 65.7 Å². The molecule has 9 nitrogen and oxygen atoms in total. The van der Waals surface area contributed by atoms with Crippen LogP contribution in [0.5, 0.6) is 0 Å². The lowest BCUT2D eigenvalue weighted by molar-refractivity contribution is -0.135. The third-order valence-corrected chi connectivity index (χ3v) is 8.18. The second kappa shape index (κ2) is 10.5. The highest BCUT2D eigenvalue weighted by Crippen LogP contribution is 2.48. The highest BCUT2D eigenvalue weighted by molar-refractivity contribution is 9.10. The first kappa shape index (κ1) is 28.3. The van der Waals surface area contributed by atoms with Crippen LogP contribution in [-0.4, -0.2) is 57.4 Å². The molecule has 4 rings (SSSR count). The predicted molar refractivity (Wildman–Crippen MR) is 152 cm³/mol. The largest absolute Gasteiger partial charge is 0.480 e. The maximum Gasteiger partial charge on any atom is 0.416 e. The first-order valence-electron chi connectivity index (χ1n) is 12.0. The van der Waals surface area contributed by atoms with Crippen molar-refractivity contribution < 1.29 is 29.0 Å². The number of carboxylic acid groups (broad SMARTS) is 1. The molecule has 3 heterocycles. The van der Waals surface area contributed by atoms with E-state index in [0.29, 0.717) is 28.5 Å². The zero-order valence-electron chi connectivity index (χ0n) is 22.1. The van der Waals surface area contributed by atoms with Gasteiger partial charge in [0.25, 0.3) is 0 Å². The van der Waals surface area contributed by atoms with Crippen molar-refractivity contribution in [2.75, 3.05) is 18.0 Å². The van der Waals surface area contributed by atoms with Gasteiger partial charge in [0.2, 0.25) is 0 Å². The summed E-state index contributed by atoms with van der Waals surface area (Å²) in [5, 5.41) is 10.8. The van der Waals surface area contributed by atoms with Gasteiger partial charge >= 0.3 is 18.2 Å². The topological polar surface area (TPSA) is 109 Å². The molecule has 1 aromatic carbocycles. The van der Waals surface area contributed by atoms with Crippen LogP contribution in [0.15, 0.2) is 22.7 Å². The molecule has 0 bridgehead atoms. The van der Waals surface area contributed by atoms with E-state index >= 15 is 0 Å². The van der Waals surface area contributed by atoms with E-state index < -0.39 is 35.9 Å². The number of hydrogen-bond acceptors (Lipinski definition) is 8. The second-order valence-corrected chi connectivity index (χ2v) is 14.0. The van der Waals surface area contributed by atoms with E-state index in [0.717, 1.165) is 30.0 Å². The fourth-order valence-electron chi connectivity index (χ4n) is 3.96. The summed E-state index contributed by atoms with van der Waals surface area (Å²) in [5.74, 6) is -1.17. The van der Waals surface area contributed by atoms with Gasteiger partial charge < -0.3 is 19.5 Å². The van der Waals surface area contributed by atoms with Crippen molar-refractivity contribution in [3.05, 3.63) is 33.1 Å². The molecule has 0 spiro atoms. The van der Waals surface area contributed by atoms with Crippen LogP contribution in [0.1, 0.15) is 52.0 Å². The van der Waals surface area contributed by atoms with Gasteiger partial charge in [-0.15, -0.1) is 22.7 Å². The monoisotopic (exact) mass is 623 g/mol. The summed E-state index contributed by atoms with van der Waals surface area (Å²) in [6, 6.07) is 5.79. The maximum absolute atomic E-state index is 13.3. The van der Waals surface area contributed by atoms with Crippen LogP contribution in [0, 0.1) is 0 Å². The maximum atomic E-state index is 13.3. The van der Waals surface area contributed by atoms with Crippen molar-refractivity contribution >= 4 is 72.0 Å². The van der Waals surface area contributed by atoms with Gasteiger partial charge in [-0.3, -0.25) is 9.69 Å². The number of rotatable bonds is 4. The normalized spacial score (nSPS) is 13.8. The van der Waals surface area contributed by atoms with Crippen LogP contribution >= 0.6 is 38.6 Å². The van der Waals surface area contributed by atoms with E-state index in [-0.39, 0.29) is 6.54 Å². The van der Waals surface area contributed by atoms with Gasteiger partial charge in [-0.05, 0) is 71.7 Å². The molecule has 1 aliphatic heterocycles. The van der Waals surface area contributed by atoms with Gasteiger partial charge in [0.05, 0.1) is 16.8 Å². The molecule has 1 N–H and O–H groups in total. The van der Waals surface area contributed by atoms with Crippen LogP contribution in [-0.2, 0) is 27.2 Å². The zero-order valence-corrected chi connectivity index (χ0v) is 25.3. The summed E-state index contributed by atoms with van der Waals surface area (Å²) in [4.78, 5) is 46.4. The number of carbonyl (C=O) groups is 3. The van der Waals surface area contributed by atoms with E-state index in [1.807, 2.05) is 39.0 Å². The lowest BCUT2D eigenvalue weighted by Crippen LogP contribution is -2.39. The molecule has 38 heavy (non-hydrogen) atoms. The number of carboxylic acids is 1. The number of anilines is 1. The number of aliphatic carboxylic acids is 1. The van der Waals surface area contributed by atoms with Crippen LogP contribution in [0.4, 0.5) is 14.6 Å². The molecule has 1 aliphatic rings. The average Bonchev–Trinajstić information content (AvgIpc) is 3.34. The molecule has 0 saturated carbocycles. The van der Waals surface area contributed by atoms with Gasteiger partial charge in [0.1, 0.15) is 27.8 Å². The van der Waals surface area contributed by atoms with Crippen molar-refractivity contribution in [3.8, 4) is 10.6 Å². The number of thiazole rings is 1. The van der Waals surface area contributed by atoms with Crippen LogP contribution in [0.2, 0.25) is 0 Å². The molecule has 2 amide bonds. The van der Waals surface area contributed by atoms with Crippen molar-refractivity contribution in [1.82, 2.24) is 9.88 Å². The molecule has 3 aromatic rings. The van der Waals surface area contributed by atoms with E-state index in [1.165, 1.54) is 22.7 Å². The number of ether oxygens (including phenoxy) is 2. The summed E-state index contributed by atoms with van der Waals surface area (Å²) < 4.78 is 13.0. The first-order chi connectivity index (χ1) is 17.6. The van der Waals surface area contributed by atoms with Crippen LogP contribution in [0.25, 0.3) is 20.8 Å². The number of thiophene rings is 1. The Morgan fingerprint density at radius 1 is 1.11 bits per heavy atom. The Kier molecular flexibility index (Phi) is 7.79. The van der Waals surface area contributed by atoms with Crippen LogP contribution < -0.4 is 4.90 Å². The molecule has 0 aliphatic carbocycles. The molecule has 0 radical (unpaired) electrons. The highest BCUT2D eigenvalue weighted by atomic mass is 79.9. The minimum atomic E-state index is -1.17. The molecular weight excluding hydrogens is 594 g/mol. The smallest absolute Gasteiger partial charge is 0.416 e. The summed E-state index contributed by atoms with van der Waals surface area (Å²) >= 11 is 6.25. The first-order valence-corrected chi connectivity index (χ1v) is 14.4. The number of carbonyl (C=O) groups excluding carboxylic acids is 2. The standard InChI is InChI=1S/C26H30BrN3O6S2/c1-25(2,3)35-23(33)29-10-9-15-18(12-29)38-22(30(13-19(31)32)24(34)36-26(4,5)6)20(15)21-28-16-8-7-14(27)11-17(16)37-21/h7-8,11H,9-10,12-13H2,1-6H3,(H,31,32). The number of hydrogen-bond donors (Lipinski definition) is 1. The Balaban J connectivity index is 1.84. The molecule has 0 atom stereocenters. The predicted octanol–water partition coefficient (Wildman–Crippen LogP) is 6.91. The molecule has 2 aromatic heterocycles. The fraction of sp³-hybridized carbons (Fsp3) is 0.462. The van der Waals surface area contributed by atoms with Gasteiger partial charge in [-0.1, -0.05) is 15.9 Å². The van der Waals surface area contributed by atoms with Crippen molar-refractivity contribution in [3.63, 3.8) is 0 Å². The Hall–Kier alpha value is -2.70. The Morgan fingerprint density at radius 2 is 1.79 bits per heavy atom. The Labute approximate surface area is 237 Å². The third kappa shape index (κ3) is 6.47.